The summed E-state index contributed by atoms with van der Waals surface area (Å²) < 4.78 is 7.61. The van der Waals surface area contributed by atoms with Gasteiger partial charge in [0.05, 0.1) is 24.8 Å². The highest BCUT2D eigenvalue weighted by atomic mass is 16.5. The second kappa shape index (κ2) is 9.66. The molecule has 3 aliphatic rings. The highest BCUT2D eigenvalue weighted by Crippen LogP contribution is 2.46. The van der Waals surface area contributed by atoms with E-state index in [0.29, 0.717) is 38.5 Å². The summed E-state index contributed by atoms with van der Waals surface area (Å²) in [5, 5.41) is 3.43. The van der Waals surface area contributed by atoms with Crippen LogP contribution in [0.15, 0.2) is 30.3 Å². The number of aromatic nitrogens is 2. The van der Waals surface area contributed by atoms with Crippen molar-refractivity contribution in [3.63, 3.8) is 0 Å². The third kappa shape index (κ3) is 4.70. The van der Waals surface area contributed by atoms with Gasteiger partial charge < -0.3 is 19.5 Å². The Hall–Kier alpha value is -2.67. The van der Waals surface area contributed by atoms with Crippen molar-refractivity contribution in [1.29, 1.82) is 0 Å². The number of benzene rings is 1. The quantitative estimate of drug-likeness (QED) is 0.659. The number of ether oxygens (including phenoxy) is 1. The van der Waals surface area contributed by atoms with Gasteiger partial charge in [-0.15, -0.1) is 0 Å². The molecule has 2 fully saturated rings. The van der Waals surface area contributed by atoms with E-state index in [1.165, 1.54) is 12.8 Å². The lowest BCUT2D eigenvalue weighted by atomic mass is 9.68. The lowest BCUT2D eigenvalue weighted by molar-refractivity contribution is -0.137. The highest BCUT2D eigenvalue weighted by molar-refractivity contribution is 5.95. The van der Waals surface area contributed by atoms with E-state index in [-0.39, 0.29) is 34.6 Å². The number of imidazole rings is 1. The molecule has 2 atom stereocenters. The molecule has 0 radical (unpaired) electrons. The van der Waals surface area contributed by atoms with Gasteiger partial charge in [0, 0.05) is 31.3 Å². The minimum atomic E-state index is -0.132. The molecule has 1 aromatic carbocycles. The van der Waals surface area contributed by atoms with Crippen molar-refractivity contribution in [2.75, 3.05) is 19.8 Å². The van der Waals surface area contributed by atoms with Gasteiger partial charge in [-0.05, 0) is 30.1 Å². The zero-order valence-corrected chi connectivity index (χ0v) is 22.2. The van der Waals surface area contributed by atoms with Crippen molar-refractivity contribution >= 4 is 11.8 Å². The molecule has 2 aliphatic heterocycles. The van der Waals surface area contributed by atoms with Crippen LogP contribution in [0.4, 0.5) is 0 Å². The minimum absolute atomic E-state index is 0.0366. The Morgan fingerprint density at radius 2 is 1.86 bits per heavy atom. The maximum absolute atomic E-state index is 13.9. The van der Waals surface area contributed by atoms with Gasteiger partial charge in [0.25, 0.3) is 5.91 Å². The molecule has 7 heteroatoms. The van der Waals surface area contributed by atoms with Crippen LogP contribution >= 0.6 is 0 Å². The summed E-state index contributed by atoms with van der Waals surface area (Å²) >= 11 is 0. The molecule has 2 unspecified atom stereocenters. The largest absolute Gasteiger partial charge is 0.381 e. The summed E-state index contributed by atoms with van der Waals surface area (Å²) in [4.78, 5) is 34.0. The predicted molar refractivity (Wildman–Crippen MR) is 139 cm³/mol. The Morgan fingerprint density at radius 3 is 2.50 bits per heavy atom. The maximum Gasteiger partial charge on any atom is 0.272 e. The molecule has 1 aliphatic carbocycles. The average molecular weight is 493 g/mol. The summed E-state index contributed by atoms with van der Waals surface area (Å²) in [5.74, 6) is 0.704. The molecule has 1 aromatic heterocycles. The van der Waals surface area contributed by atoms with E-state index in [1.54, 1.807) is 0 Å². The second-order valence-electron chi connectivity index (χ2n) is 12.2. The van der Waals surface area contributed by atoms with Crippen LogP contribution in [0.3, 0.4) is 0 Å². The summed E-state index contributed by atoms with van der Waals surface area (Å²) in [7, 11) is 0. The van der Waals surface area contributed by atoms with Crippen molar-refractivity contribution in [2.24, 2.45) is 16.7 Å². The molecule has 7 nitrogen and oxygen atoms in total. The second-order valence-corrected chi connectivity index (χ2v) is 12.2. The van der Waals surface area contributed by atoms with Crippen molar-refractivity contribution < 1.29 is 14.3 Å². The number of fused-ring (bicyclic) bond motifs is 1. The lowest BCUT2D eigenvalue weighted by Crippen LogP contribution is -2.53. The normalized spacial score (nSPS) is 22.3. The number of hydrogen-bond acceptors (Lipinski definition) is 4. The van der Waals surface area contributed by atoms with Crippen molar-refractivity contribution in [2.45, 2.75) is 78.9 Å². The minimum Gasteiger partial charge on any atom is -0.381 e. The maximum atomic E-state index is 13.9. The first-order chi connectivity index (χ1) is 17.2. The van der Waals surface area contributed by atoms with Crippen LogP contribution in [0.2, 0.25) is 0 Å². The molecule has 194 valence electrons. The number of amides is 2. The van der Waals surface area contributed by atoms with Gasteiger partial charge in [-0.25, -0.2) is 4.98 Å². The Kier molecular flexibility index (Phi) is 6.70. The van der Waals surface area contributed by atoms with E-state index in [1.807, 2.05) is 35.2 Å². The molecule has 1 N–H and O–H groups in total. The Bertz CT molecular complexity index is 1110. The first-order valence-electron chi connectivity index (χ1n) is 13.5. The highest BCUT2D eigenvalue weighted by Gasteiger charge is 2.44. The van der Waals surface area contributed by atoms with Gasteiger partial charge in [-0.2, -0.15) is 0 Å². The molecule has 5 rings (SSSR count). The van der Waals surface area contributed by atoms with Crippen LogP contribution in [0.1, 0.15) is 76.0 Å². The van der Waals surface area contributed by atoms with E-state index in [2.05, 4.69) is 37.6 Å². The van der Waals surface area contributed by atoms with Crippen LogP contribution < -0.4 is 5.32 Å². The number of carbonyl (C=O) groups is 2. The number of hydrogen-bond donors (Lipinski definition) is 1. The van der Waals surface area contributed by atoms with Crippen LogP contribution in [0.5, 0.6) is 0 Å². The molecule has 2 aromatic rings. The van der Waals surface area contributed by atoms with E-state index >= 15 is 0 Å². The Balaban J connectivity index is 1.49. The van der Waals surface area contributed by atoms with Crippen molar-refractivity contribution in [1.82, 2.24) is 19.8 Å². The van der Waals surface area contributed by atoms with E-state index in [9.17, 15) is 9.59 Å². The monoisotopic (exact) mass is 492 g/mol. The predicted octanol–water partition coefficient (Wildman–Crippen LogP) is 4.65. The Labute approximate surface area is 214 Å². The van der Waals surface area contributed by atoms with Gasteiger partial charge in [0.15, 0.2) is 5.69 Å². The molecular weight excluding hydrogens is 452 g/mol. The summed E-state index contributed by atoms with van der Waals surface area (Å²) in [6.07, 6.45) is 5.43. The summed E-state index contributed by atoms with van der Waals surface area (Å²) in [5.41, 5.74) is 2.25. The van der Waals surface area contributed by atoms with Crippen LogP contribution in [0.25, 0.3) is 11.4 Å². The topological polar surface area (TPSA) is 76.5 Å². The molecular formula is C29H40N4O3. The molecule has 1 saturated carbocycles. The van der Waals surface area contributed by atoms with Gasteiger partial charge in [0.1, 0.15) is 5.82 Å². The molecule has 3 heterocycles. The zero-order chi connectivity index (χ0) is 25.5. The average Bonchev–Trinajstić information content (AvgIpc) is 3.62. The van der Waals surface area contributed by atoms with Gasteiger partial charge in [-0.3, -0.25) is 9.59 Å². The lowest BCUT2D eigenvalue weighted by Gasteiger charge is -2.43. The van der Waals surface area contributed by atoms with E-state index in [0.717, 1.165) is 36.3 Å². The SMILES string of the molecule is CC(C)(C)C(NC(=O)c1nc(-c2ccccc2)n2c1CN(C(=O)C1CCOC1)CC2)C1(C)CCCC1. The molecule has 0 bridgehead atoms. The number of nitrogens with one attached hydrogen (secondary N) is 1. The third-order valence-corrected chi connectivity index (χ3v) is 8.43. The summed E-state index contributed by atoms with van der Waals surface area (Å²) in [6, 6.07) is 10.1. The number of nitrogens with zero attached hydrogens (tertiary/aromatic N) is 3. The standard InChI is InChI=1S/C29H40N4O3/c1-28(2,3)27(29(4)13-8-9-14-29)31-25(34)23-22-18-32(26(35)21-12-17-36-19-21)15-16-33(22)24(30-23)20-10-6-5-7-11-20/h5-7,10-11,21,27H,8-9,12-19H2,1-4H3,(H,31,34). The first-order valence-corrected chi connectivity index (χ1v) is 13.5. The van der Waals surface area contributed by atoms with Crippen LogP contribution in [0, 0.1) is 16.7 Å². The van der Waals surface area contributed by atoms with Crippen LogP contribution in [-0.4, -0.2) is 52.1 Å². The summed E-state index contributed by atoms with van der Waals surface area (Å²) in [6.45, 7) is 11.7. The third-order valence-electron chi connectivity index (χ3n) is 8.43. The van der Waals surface area contributed by atoms with Crippen molar-refractivity contribution in [3.8, 4) is 11.4 Å². The number of carbonyl (C=O) groups excluding carboxylic acids is 2. The van der Waals surface area contributed by atoms with E-state index < -0.39 is 0 Å². The van der Waals surface area contributed by atoms with Gasteiger partial charge in [0.2, 0.25) is 5.91 Å². The molecule has 36 heavy (non-hydrogen) atoms. The van der Waals surface area contributed by atoms with Gasteiger partial charge >= 0.3 is 0 Å². The smallest absolute Gasteiger partial charge is 0.272 e. The number of rotatable bonds is 5. The fourth-order valence-electron chi connectivity index (χ4n) is 6.64. The molecule has 2 amide bonds. The van der Waals surface area contributed by atoms with E-state index in [4.69, 9.17) is 9.72 Å². The Morgan fingerprint density at radius 1 is 1.14 bits per heavy atom. The first kappa shape index (κ1) is 25.0. The van der Waals surface area contributed by atoms with Crippen LogP contribution in [-0.2, 0) is 22.6 Å². The zero-order valence-electron chi connectivity index (χ0n) is 22.2. The molecule has 0 spiro atoms. The van der Waals surface area contributed by atoms with Crippen molar-refractivity contribution in [3.05, 3.63) is 41.7 Å². The fourth-order valence-corrected chi connectivity index (χ4v) is 6.64. The van der Waals surface area contributed by atoms with Gasteiger partial charge in [-0.1, -0.05) is 70.9 Å². The molecule has 1 saturated heterocycles. The fraction of sp³-hybridized carbons (Fsp3) is 0.621.